The molecule has 2 aromatic heterocycles. The molecule has 0 unspecified atom stereocenters. The van der Waals surface area contributed by atoms with E-state index < -0.39 is 0 Å². The Bertz CT molecular complexity index is 820. The highest BCUT2D eigenvalue weighted by atomic mass is 15.3. The number of anilines is 1. The third-order valence-electron chi connectivity index (χ3n) is 5.58. The lowest BCUT2D eigenvalue weighted by molar-refractivity contribution is 0.118. The van der Waals surface area contributed by atoms with Crippen LogP contribution in [0.15, 0.2) is 12.5 Å². The summed E-state index contributed by atoms with van der Waals surface area (Å²) in [6.45, 7) is 5.74. The minimum absolute atomic E-state index is 0.309. The van der Waals surface area contributed by atoms with E-state index in [1.54, 1.807) is 0 Å². The van der Waals surface area contributed by atoms with Crippen molar-refractivity contribution in [1.82, 2.24) is 24.6 Å². The molecule has 2 aromatic rings. The smallest absolute Gasteiger partial charge is 0.169 e. The molecule has 7 heteroatoms. The molecule has 0 aliphatic carbocycles. The largest absolute Gasteiger partial charge is 0.357 e. The molecule has 138 valence electrons. The van der Waals surface area contributed by atoms with Gasteiger partial charge >= 0.3 is 0 Å². The van der Waals surface area contributed by atoms with E-state index in [0.717, 1.165) is 30.8 Å². The Kier molecular flexibility index (Phi) is 5.23. The van der Waals surface area contributed by atoms with E-state index >= 15 is 0 Å². The molecule has 0 N–H and O–H groups in total. The number of aryl methyl sites for hydroxylation is 2. The van der Waals surface area contributed by atoms with Crippen LogP contribution in [-0.4, -0.2) is 51.8 Å². The van der Waals surface area contributed by atoms with Gasteiger partial charge < -0.3 is 9.47 Å². The van der Waals surface area contributed by atoms with E-state index in [0.29, 0.717) is 23.3 Å². The van der Waals surface area contributed by atoms with Crippen molar-refractivity contribution in [3.63, 3.8) is 0 Å². The van der Waals surface area contributed by atoms with E-state index in [2.05, 4.69) is 42.7 Å². The summed E-state index contributed by atoms with van der Waals surface area (Å²) in [5.41, 5.74) is 3.58. The summed E-state index contributed by atoms with van der Waals surface area (Å²) in [4.78, 5) is 8.81. The van der Waals surface area contributed by atoms with Gasteiger partial charge in [0, 0.05) is 26.8 Å². The molecule has 26 heavy (non-hydrogen) atoms. The number of aromatic nitrogens is 4. The highest BCUT2D eigenvalue weighted by Gasteiger charge is 2.33. The Labute approximate surface area is 155 Å². The van der Waals surface area contributed by atoms with Crippen molar-refractivity contribution in [3.05, 3.63) is 35.0 Å². The summed E-state index contributed by atoms with van der Waals surface area (Å²) in [5.74, 6) is 1.11. The standard InChI is InChI=1S/C19H27N7/c1-13-14(2)22-23-19(16(13)9-20)25(4)11-15-7-6-8-24(3)18(15)17-10-21-12-26(17)5/h10,12,15,18H,6-8,11H2,1-5H3/t15-,18+/m0/s1. The minimum atomic E-state index is 0.309. The van der Waals surface area contributed by atoms with Crippen LogP contribution in [0.3, 0.4) is 0 Å². The average molecular weight is 353 g/mol. The number of piperidine rings is 1. The first-order valence-electron chi connectivity index (χ1n) is 9.05. The van der Waals surface area contributed by atoms with Crippen molar-refractivity contribution in [2.75, 3.05) is 32.1 Å². The third-order valence-corrected chi connectivity index (χ3v) is 5.58. The summed E-state index contributed by atoms with van der Waals surface area (Å²) in [7, 11) is 6.24. The highest BCUT2D eigenvalue weighted by Crippen LogP contribution is 2.36. The fourth-order valence-corrected chi connectivity index (χ4v) is 4.01. The van der Waals surface area contributed by atoms with Gasteiger partial charge in [-0.2, -0.15) is 10.4 Å². The van der Waals surface area contributed by atoms with Crippen LogP contribution in [0, 0.1) is 31.1 Å². The normalized spacial score (nSPS) is 20.8. The predicted octanol–water partition coefficient (Wildman–Crippen LogP) is 2.22. The van der Waals surface area contributed by atoms with Gasteiger partial charge in [-0.05, 0) is 51.8 Å². The van der Waals surface area contributed by atoms with Gasteiger partial charge in [-0.1, -0.05) is 0 Å². The third kappa shape index (κ3) is 3.29. The molecule has 7 nitrogen and oxygen atoms in total. The number of likely N-dealkylation sites (tertiary alicyclic amines) is 1. The second-order valence-electron chi connectivity index (χ2n) is 7.36. The van der Waals surface area contributed by atoms with Gasteiger partial charge in [-0.25, -0.2) is 4.98 Å². The minimum Gasteiger partial charge on any atom is -0.357 e. The van der Waals surface area contributed by atoms with Crippen molar-refractivity contribution in [2.24, 2.45) is 13.0 Å². The van der Waals surface area contributed by atoms with E-state index in [-0.39, 0.29) is 0 Å². The van der Waals surface area contributed by atoms with Crippen molar-refractivity contribution < 1.29 is 0 Å². The molecule has 3 heterocycles. The van der Waals surface area contributed by atoms with Crippen LogP contribution in [0.4, 0.5) is 5.82 Å². The number of imidazole rings is 1. The molecule has 2 atom stereocenters. The van der Waals surface area contributed by atoms with Crippen LogP contribution in [0.25, 0.3) is 0 Å². The molecular formula is C19H27N7. The molecule has 1 aliphatic heterocycles. The fraction of sp³-hybridized carbons (Fsp3) is 0.579. The topological polar surface area (TPSA) is 73.9 Å². The SMILES string of the molecule is Cc1nnc(N(C)C[C@@H]2CCCN(C)[C@H]2c2cncn2C)c(C#N)c1C. The quantitative estimate of drug-likeness (QED) is 0.839. The molecule has 0 amide bonds. The molecule has 1 fully saturated rings. The van der Waals surface area contributed by atoms with Crippen molar-refractivity contribution in [3.8, 4) is 6.07 Å². The van der Waals surface area contributed by atoms with Crippen LogP contribution >= 0.6 is 0 Å². The molecular weight excluding hydrogens is 326 g/mol. The zero-order valence-electron chi connectivity index (χ0n) is 16.3. The van der Waals surface area contributed by atoms with Crippen molar-refractivity contribution in [1.29, 1.82) is 5.26 Å². The van der Waals surface area contributed by atoms with Gasteiger partial charge in [0.15, 0.2) is 5.82 Å². The Morgan fingerprint density at radius 2 is 2.08 bits per heavy atom. The Morgan fingerprint density at radius 1 is 1.31 bits per heavy atom. The number of nitriles is 1. The first kappa shape index (κ1) is 18.3. The van der Waals surface area contributed by atoms with E-state index in [4.69, 9.17) is 0 Å². The van der Waals surface area contributed by atoms with Gasteiger partial charge in [0.2, 0.25) is 0 Å². The molecule has 1 saturated heterocycles. The fourth-order valence-electron chi connectivity index (χ4n) is 4.01. The van der Waals surface area contributed by atoms with Crippen LogP contribution in [0.5, 0.6) is 0 Å². The Morgan fingerprint density at radius 3 is 2.73 bits per heavy atom. The number of rotatable bonds is 4. The first-order valence-corrected chi connectivity index (χ1v) is 9.05. The van der Waals surface area contributed by atoms with Gasteiger partial charge in [0.25, 0.3) is 0 Å². The van der Waals surface area contributed by atoms with E-state index in [9.17, 15) is 5.26 Å². The van der Waals surface area contributed by atoms with E-state index in [1.165, 1.54) is 12.1 Å². The molecule has 0 bridgehead atoms. The van der Waals surface area contributed by atoms with Gasteiger partial charge in [0.05, 0.1) is 23.8 Å². The predicted molar refractivity (Wildman–Crippen MR) is 101 cm³/mol. The Balaban J connectivity index is 1.88. The maximum absolute atomic E-state index is 9.59. The summed E-state index contributed by atoms with van der Waals surface area (Å²) >= 11 is 0. The zero-order chi connectivity index (χ0) is 18.8. The van der Waals surface area contributed by atoms with Crippen LogP contribution in [0.1, 0.15) is 41.4 Å². The molecule has 0 saturated carbocycles. The van der Waals surface area contributed by atoms with Crippen LogP contribution < -0.4 is 4.90 Å². The Hall–Kier alpha value is -2.46. The van der Waals surface area contributed by atoms with Crippen molar-refractivity contribution >= 4 is 5.82 Å². The molecule has 1 aliphatic rings. The van der Waals surface area contributed by atoms with Gasteiger partial charge in [-0.3, -0.25) is 4.90 Å². The lowest BCUT2D eigenvalue weighted by Gasteiger charge is -2.41. The van der Waals surface area contributed by atoms with Gasteiger partial charge in [0.1, 0.15) is 11.6 Å². The highest BCUT2D eigenvalue weighted by molar-refractivity contribution is 5.57. The average Bonchev–Trinajstić information content (AvgIpc) is 3.03. The molecule has 0 spiro atoms. The number of hydrogen-bond acceptors (Lipinski definition) is 6. The summed E-state index contributed by atoms with van der Waals surface area (Å²) < 4.78 is 2.11. The lowest BCUT2D eigenvalue weighted by Crippen LogP contribution is -2.42. The van der Waals surface area contributed by atoms with Gasteiger partial charge in [-0.15, -0.1) is 5.10 Å². The molecule has 3 rings (SSSR count). The number of nitrogens with zero attached hydrogens (tertiary/aromatic N) is 7. The molecule has 0 aromatic carbocycles. The molecule has 0 radical (unpaired) electrons. The number of hydrogen-bond donors (Lipinski definition) is 0. The maximum atomic E-state index is 9.59. The zero-order valence-corrected chi connectivity index (χ0v) is 16.3. The first-order chi connectivity index (χ1) is 12.4. The van der Waals surface area contributed by atoms with Crippen LogP contribution in [-0.2, 0) is 7.05 Å². The second kappa shape index (κ2) is 7.42. The summed E-state index contributed by atoms with van der Waals surface area (Å²) in [6, 6.07) is 2.62. The lowest BCUT2D eigenvalue weighted by atomic mass is 9.87. The van der Waals surface area contributed by atoms with Crippen molar-refractivity contribution in [2.45, 2.75) is 32.7 Å². The summed E-state index contributed by atoms with van der Waals surface area (Å²) in [6.07, 6.45) is 6.15. The van der Waals surface area contributed by atoms with E-state index in [1.807, 2.05) is 40.5 Å². The summed E-state index contributed by atoms with van der Waals surface area (Å²) in [5, 5.41) is 18.1. The second-order valence-corrected chi connectivity index (χ2v) is 7.36. The maximum Gasteiger partial charge on any atom is 0.169 e. The monoisotopic (exact) mass is 353 g/mol. The van der Waals surface area contributed by atoms with Crippen LogP contribution in [0.2, 0.25) is 0 Å².